The van der Waals surface area contributed by atoms with Crippen LogP contribution in [0.25, 0.3) is 10.9 Å². The van der Waals surface area contributed by atoms with E-state index < -0.39 is 11.9 Å². The van der Waals surface area contributed by atoms with Gasteiger partial charge in [-0.3, -0.25) is 9.80 Å². The van der Waals surface area contributed by atoms with E-state index in [0.29, 0.717) is 23.0 Å². The van der Waals surface area contributed by atoms with Crippen molar-refractivity contribution >= 4 is 40.3 Å². The first-order valence-corrected chi connectivity index (χ1v) is 12.8. The summed E-state index contributed by atoms with van der Waals surface area (Å²) in [5.41, 5.74) is 9.94. The number of nitrogens with one attached hydrogen (secondary N) is 1. The lowest BCUT2D eigenvalue weighted by atomic mass is 10.0. The van der Waals surface area contributed by atoms with Crippen LogP contribution in [-0.4, -0.2) is 47.8 Å². The third-order valence-corrected chi connectivity index (χ3v) is 6.70. The molecule has 1 aliphatic carbocycles. The lowest BCUT2D eigenvalue weighted by molar-refractivity contribution is -0.140. The van der Waals surface area contributed by atoms with Crippen LogP contribution in [0.5, 0.6) is 0 Å². The van der Waals surface area contributed by atoms with Crippen molar-refractivity contribution in [1.82, 2.24) is 15.3 Å². The highest BCUT2D eigenvalue weighted by Crippen LogP contribution is 2.32. The fourth-order valence-corrected chi connectivity index (χ4v) is 4.58. The SMILES string of the molecule is C1CCCCC1.NC(=O)C1C=NN(C2CCNCC2)C1.Nc1cc(C(F)(F)F)nc2ccc(Cl)cc12. The summed E-state index contributed by atoms with van der Waals surface area (Å²) in [7, 11) is 0. The number of hydrogen-bond donors (Lipinski definition) is 3. The number of nitrogen functional groups attached to an aromatic ring is 1. The molecule has 3 heterocycles. The summed E-state index contributed by atoms with van der Waals surface area (Å²) in [5.74, 6) is -0.463. The van der Waals surface area contributed by atoms with Crippen molar-refractivity contribution in [3.8, 4) is 0 Å². The van der Waals surface area contributed by atoms with Gasteiger partial charge in [0.25, 0.3) is 0 Å². The molecule has 5 N–H and O–H groups in total. The monoisotopic (exact) mass is 526 g/mol. The van der Waals surface area contributed by atoms with Gasteiger partial charge in [0.05, 0.1) is 18.0 Å². The van der Waals surface area contributed by atoms with Crippen LogP contribution in [0.1, 0.15) is 57.1 Å². The lowest BCUT2D eigenvalue weighted by Gasteiger charge is -2.30. The minimum atomic E-state index is -4.50. The van der Waals surface area contributed by atoms with Crippen LogP contribution >= 0.6 is 11.6 Å². The number of carbonyl (C=O) groups excluding carboxylic acids is 1. The van der Waals surface area contributed by atoms with Crippen LogP contribution in [0, 0.1) is 5.92 Å². The number of nitrogens with zero attached hydrogens (tertiary/aromatic N) is 3. The van der Waals surface area contributed by atoms with Crippen LogP contribution in [-0.2, 0) is 11.0 Å². The van der Waals surface area contributed by atoms with Gasteiger partial charge in [0.15, 0.2) is 0 Å². The molecule has 0 spiro atoms. The Bertz CT molecular complexity index is 1030. The second-order valence-electron chi connectivity index (χ2n) is 9.25. The maximum Gasteiger partial charge on any atom is 0.433 e. The van der Waals surface area contributed by atoms with E-state index >= 15 is 0 Å². The molecule has 5 rings (SSSR count). The summed E-state index contributed by atoms with van der Waals surface area (Å²) >= 11 is 5.71. The maximum atomic E-state index is 12.4. The van der Waals surface area contributed by atoms with Crippen molar-refractivity contribution in [1.29, 1.82) is 0 Å². The highest BCUT2D eigenvalue weighted by molar-refractivity contribution is 6.31. The van der Waals surface area contributed by atoms with Crippen molar-refractivity contribution < 1.29 is 18.0 Å². The number of halogens is 4. The second-order valence-corrected chi connectivity index (χ2v) is 9.69. The Morgan fingerprint density at radius 3 is 2.19 bits per heavy atom. The molecule has 1 saturated heterocycles. The molecule has 1 saturated carbocycles. The van der Waals surface area contributed by atoms with Crippen LogP contribution in [0.2, 0.25) is 5.02 Å². The number of hydrogen-bond acceptors (Lipinski definition) is 6. The third kappa shape index (κ3) is 8.23. The molecule has 198 valence electrons. The number of pyridine rings is 1. The highest BCUT2D eigenvalue weighted by Gasteiger charge is 2.33. The number of fused-ring (bicyclic) bond motifs is 1. The minimum Gasteiger partial charge on any atom is -0.398 e. The number of nitrogens with two attached hydrogens (primary N) is 2. The third-order valence-electron chi connectivity index (χ3n) is 6.47. The topological polar surface area (TPSA) is 110 Å². The number of rotatable bonds is 2. The van der Waals surface area contributed by atoms with Crippen molar-refractivity contribution in [2.75, 3.05) is 25.4 Å². The predicted molar refractivity (Wildman–Crippen MR) is 138 cm³/mol. The molecule has 1 aromatic carbocycles. The predicted octanol–water partition coefficient (Wildman–Crippen LogP) is 4.97. The van der Waals surface area contributed by atoms with Gasteiger partial charge in [0, 0.05) is 28.4 Å². The molecule has 1 unspecified atom stereocenters. The average Bonchev–Trinajstić information content (AvgIpc) is 3.37. The number of benzene rings is 1. The lowest BCUT2D eigenvalue weighted by Crippen LogP contribution is -2.41. The van der Waals surface area contributed by atoms with Crippen LogP contribution in [0.4, 0.5) is 18.9 Å². The Balaban J connectivity index is 0.000000165. The van der Waals surface area contributed by atoms with Crippen LogP contribution in [0.3, 0.4) is 0 Å². The molecule has 7 nitrogen and oxygen atoms in total. The molecule has 11 heteroatoms. The van der Waals surface area contributed by atoms with E-state index in [4.69, 9.17) is 23.1 Å². The van der Waals surface area contributed by atoms with Crippen LogP contribution < -0.4 is 16.8 Å². The van der Waals surface area contributed by atoms with Gasteiger partial charge >= 0.3 is 6.18 Å². The van der Waals surface area contributed by atoms with Crippen molar-refractivity contribution in [3.63, 3.8) is 0 Å². The largest absolute Gasteiger partial charge is 0.433 e. The van der Waals surface area contributed by atoms with Gasteiger partial charge in [-0.25, -0.2) is 4.98 Å². The minimum absolute atomic E-state index is 0.0137. The number of carbonyl (C=O) groups is 1. The van der Waals surface area contributed by atoms with Gasteiger partial charge in [-0.2, -0.15) is 18.3 Å². The van der Waals surface area contributed by atoms with Crippen molar-refractivity contribution in [3.05, 3.63) is 35.0 Å². The molecule has 36 heavy (non-hydrogen) atoms. The van der Waals surface area contributed by atoms with Crippen molar-refractivity contribution in [2.24, 2.45) is 16.8 Å². The second kappa shape index (κ2) is 13.1. The molecular formula is C25H34ClF3N6O. The Morgan fingerprint density at radius 1 is 1.06 bits per heavy atom. The van der Waals surface area contributed by atoms with Gasteiger partial charge in [0.1, 0.15) is 5.69 Å². The molecule has 2 aliphatic heterocycles. The summed E-state index contributed by atoms with van der Waals surface area (Å²) in [6.07, 6.45) is 8.37. The molecule has 1 amide bonds. The zero-order valence-electron chi connectivity index (χ0n) is 20.2. The fourth-order valence-electron chi connectivity index (χ4n) is 4.40. The average molecular weight is 527 g/mol. The molecule has 1 atom stereocenters. The number of aromatic nitrogens is 1. The zero-order valence-corrected chi connectivity index (χ0v) is 21.0. The van der Waals surface area contributed by atoms with Crippen molar-refractivity contribution in [2.45, 2.75) is 63.6 Å². The Labute approximate surface area is 214 Å². The Morgan fingerprint density at radius 2 is 1.67 bits per heavy atom. The normalized spacial score (nSPS) is 20.3. The molecule has 2 fully saturated rings. The number of anilines is 1. The Kier molecular flexibility index (Phi) is 10.2. The molecule has 1 aromatic heterocycles. The highest BCUT2D eigenvalue weighted by atomic mass is 35.5. The van der Waals surface area contributed by atoms with E-state index in [2.05, 4.69) is 15.4 Å². The van der Waals surface area contributed by atoms with E-state index in [0.717, 1.165) is 32.0 Å². The maximum absolute atomic E-state index is 12.4. The molecular weight excluding hydrogens is 493 g/mol. The molecule has 3 aliphatic rings. The summed E-state index contributed by atoms with van der Waals surface area (Å²) in [4.78, 5) is 14.4. The van der Waals surface area contributed by atoms with Gasteiger partial charge < -0.3 is 16.8 Å². The first kappa shape index (κ1) is 28.0. The van der Waals surface area contributed by atoms with E-state index in [-0.39, 0.29) is 23.0 Å². The molecule has 0 bridgehead atoms. The Hall–Kier alpha value is -2.59. The summed E-state index contributed by atoms with van der Waals surface area (Å²) in [6, 6.07) is 5.65. The number of piperidine rings is 1. The summed E-state index contributed by atoms with van der Waals surface area (Å²) in [6.45, 7) is 2.75. The van der Waals surface area contributed by atoms with Gasteiger partial charge in [0.2, 0.25) is 5.91 Å². The van der Waals surface area contributed by atoms with E-state index in [1.165, 1.54) is 56.7 Å². The first-order valence-electron chi connectivity index (χ1n) is 12.4. The van der Waals surface area contributed by atoms with E-state index in [9.17, 15) is 18.0 Å². The standard InChI is InChI=1S/C10H6ClF3N2.C9H16N4O.C6H12/c11-5-1-2-8-6(3-5)7(15)4-9(16-8)10(12,13)14;10-9(14)7-5-12-13(6-7)8-1-3-11-4-2-8;1-2-4-6-5-3-1/h1-4H,(H2,15,16);5,7-8,11H,1-4,6H2,(H2,10,14);1-6H2. The number of amides is 1. The van der Waals surface area contributed by atoms with Gasteiger partial charge in [-0.1, -0.05) is 50.1 Å². The number of alkyl halides is 3. The fraction of sp³-hybridized carbons (Fsp3) is 0.560. The van der Waals surface area contributed by atoms with Gasteiger partial charge in [-0.05, 0) is 50.2 Å². The number of primary amides is 1. The van der Waals surface area contributed by atoms with E-state index in [1.807, 2.05) is 5.01 Å². The first-order chi connectivity index (χ1) is 17.1. The summed E-state index contributed by atoms with van der Waals surface area (Å²) < 4.78 is 37.3. The van der Waals surface area contributed by atoms with Crippen LogP contribution in [0.15, 0.2) is 29.4 Å². The number of hydrazone groups is 1. The smallest absolute Gasteiger partial charge is 0.398 e. The molecule has 2 aromatic rings. The van der Waals surface area contributed by atoms with E-state index in [1.54, 1.807) is 6.21 Å². The summed E-state index contributed by atoms with van der Waals surface area (Å²) in [5, 5.41) is 10.4. The zero-order chi connectivity index (χ0) is 26.1. The van der Waals surface area contributed by atoms with Gasteiger partial charge in [-0.15, -0.1) is 0 Å². The molecule has 0 radical (unpaired) electrons. The quantitative estimate of drug-likeness (QED) is 0.511.